The Labute approximate surface area is 66.8 Å². The standard InChI is InChI=1S/C7H11NOS/c1-5-6(9-4)7(10)8(2)3/h1H2,2-4H3. The first-order valence-corrected chi connectivity index (χ1v) is 3.20. The maximum absolute atomic E-state index is 4.96. The van der Waals surface area contributed by atoms with Crippen molar-refractivity contribution in [1.82, 2.24) is 4.90 Å². The van der Waals surface area contributed by atoms with E-state index in [2.05, 4.69) is 12.3 Å². The topological polar surface area (TPSA) is 12.5 Å². The smallest absolute Gasteiger partial charge is 0.196 e. The summed E-state index contributed by atoms with van der Waals surface area (Å²) in [6.07, 6.45) is 0. The molecule has 56 valence electrons. The van der Waals surface area contributed by atoms with Crippen molar-refractivity contribution in [2.45, 2.75) is 0 Å². The molecule has 0 saturated carbocycles. The SMILES string of the molecule is C=C=C(OC)C(=S)N(C)C. The molecule has 0 aromatic heterocycles. The summed E-state index contributed by atoms with van der Waals surface area (Å²) in [6.45, 7) is 3.43. The normalized spacial score (nSPS) is 7.90. The van der Waals surface area contributed by atoms with Gasteiger partial charge < -0.3 is 9.64 Å². The van der Waals surface area contributed by atoms with Crippen LogP contribution in [0.15, 0.2) is 18.1 Å². The second-order valence-electron chi connectivity index (χ2n) is 1.91. The summed E-state index contributed by atoms with van der Waals surface area (Å²) in [5.41, 5.74) is 2.59. The lowest BCUT2D eigenvalue weighted by molar-refractivity contribution is 0.310. The molecule has 0 atom stereocenters. The van der Waals surface area contributed by atoms with E-state index in [-0.39, 0.29) is 0 Å². The Bertz CT molecular complexity index is 180. The fourth-order valence-electron chi connectivity index (χ4n) is 0.438. The third-order valence-electron chi connectivity index (χ3n) is 0.965. The average molecular weight is 157 g/mol. The van der Waals surface area contributed by atoms with Crippen LogP contribution in [0.3, 0.4) is 0 Å². The van der Waals surface area contributed by atoms with Gasteiger partial charge in [0.05, 0.1) is 7.11 Å². The monoisotopic (exact) mass is 157 g/mol. The molecule has 0 spiro atoms. The van der Waals surface area contributed by atoms with E-state index < -0.39 is 0 Å². The van der Waals surface area contributed by atoms with Gasteiger partial charge in [0.25, 0.3) is 0 Å². The molecule has 0 saturated heterocycles. The van der Waals surface area contributed by atoms with Crippen LogP contribution in [0.2, 0.25) is 0 Å². The molecule has 0 fully saturated rings. The molecule has 0 bridgehead atoms. The Morgan fingerprint density at radius 2 is 2.10 bits per heavy atom. The van der Waals surface area contributed by atoms with Crippen molar-refractivity contribution < 1.29 is 4.74 Å². The largest absolute Gasteiger partial charge is 0.487 e. The fourth-order valence-corrected chi connectivity index (χ4v) is 0.594. The van der Waals surface area contributed by atoms with E-state index >= 15 is 0 Å². The van der Waals surface area contributed by atoms with Gasteiger partial charge in [-0.05, 0) is 0 Å². The second kappa shape index (κ2) is 4.09. The number of likely N-dealkylation sites (N-methyl/N-ethyl adjacent to an activating group) is 1. The van der Waals surface area contributed by atoms with Crippen molar-refractivity contribution in [3.63, 3.8) is 0 Å². The Kier molecular flexibility index (Phi) is 3.77. The summed E-state index contributed by atoms with van der Waals surface area (Å²) in [4.78, 5) is 2.38. The van der Waals surface area contributed by atoms with Gasteiger partial charge in [-0.15, -0.1) is 0 Å². The maximum Gasteiger partial charge on any atom is 0.196 e. The summed E-state index contributed by atoms with van der Waals surface area (Å²) >= 11 is 4.96. The average Bonchev–Trinajstić information content (AvgIpc) is 1.90. The molecule has 0 rings (SSSR count). The molecule has 0 amide bonds. The summed E-state index contributed by atoms with van der Waals surface area (Å²) in [6, 6.07) is 0. The van der Waals surface area contributed by atoms with Gasteiger partial charge in [0, 0.05) is 14.1 Å². The molecule has 0 radical (unpaired) electrons. The van der Waals surface area contributed by atoms with Crippen molar-refractivity contribution in [1.29, 1.82) is 0 Å². The Balaban J connectivity index is 4.33. The summed E-state index contributed by atoms with van der Waals surface area (Å²) in [5, 5.41) is 0. The first-order valence-electron chi connectivity index (χ1n) is 2.79. The van der Waals surface area contributed by atoms with Crippen LogP contribution in [0.4, 0.5) is 0 Å². The van der Waals surface area contributed by atoms with Crippen LogP contribution in [-0.4, -0.2) is 31.1 Å². The van der Waals surface area contributed by atoms with E-state index in [0.29, 0.717) is 10.7 Å². The van der Waals surface area contributed by atoms with E-state index in [1.807, 2.05) is 14.1 Å². The van der Waals surface area contributed by atoms with E-state index in [9.17, 15) is 0 Å². The van der Waals surface area contributed by atoms with Crippen LogP contribution >= 0.6 is 12.2 Å². The first-order chi connectivity index (χ1) is 4.63. The minimum absolute atomic E-state index is 0.514. The number of hydrogen-bond donors (Lipinski definition) is 0. The summed E-state index contributed by atoms with van der Waals surface area (Å²) < 4.78 is 4.88. The van der Waals surface area contributed by atoms with Crippen LogP contribution in [0, 0.1) is 0 Å². The number of nitrogens with zero attached hydrogens (tertiary/aromatic N) is 1. The Hall–Kier alpha value is -0.790. The van der Waals surface area contributed by atoms with E-state index in [0.717, 1.165) is 0 Å². The fraction of sp³-hybridized carbons (Fsp3) is 0.429. The van der Waals surface area contributed by atoms with E-state index in [1.165, 1.54) is 0 Å². The number of methoxy groups -OCH3 is 1. The van der Waals surface area contributed by atoms with Crippen LogP contribution in [0.5, 0.6) is 0 Å². The number of thiocarbonyl (C=S) groups is 1. The van der Waals surface area contributed by atoms with Gasteiger partial charge in [-0.1, -0.05) is 24.5 Å². The molecule has 0 aliphatic rings. The minimum Gasteiger partial charge on any atom is -0.487 e. The zero-order chi connectivity index (χ0) is 8.15. The zero-order valence-electron chi connectivity index (χ0n) is 6.47. The van der Waals surface area contributed by atoms with Gasteiger partial charge in [-0.2, -0.15) is 0 Å². The van der Waals surface area contributed by atoms with Crippen molar-refractivity contribution in [3.8, 4) is 0 Å². The molecular formula is C7H11NOS. The quantitative estimate of drug-likeness (QED) is 0.258. The highest BCUT2D eigenvalue weighted by Gasteiger charge is 2.04. The van der Waals surface area contributed by atoms with Gasteiger partial charge in [0.1, 0.15) is 0 Å². The van der Waals surface area contributed by atoms with Gasteiger partial charge in [-0.25, -0.2) is 0 Å². The predicted octanol–water partition coefficient (Wildman–Crippen LogP) is 1.19. The second-order valence-corrected chi connectivity index (χ2v) is 2.30. The molecule has 0 N–H and O–H groups in total. The third kappa shape index (κ3) is 2.21. The molecule has 2 nitrogen and oxygen atoms in total. The predicted molar refractivity (Wildman–Crippen MR) is 45.9 cm³/mol. The molecular weight excluding hydrogens is 146 g/mol. The van der Waals surface area contributed by atoms with Crippen molar-refractivity contribution in [2.24, 2.45) is 0 Å². The maximum atomic E-state index is 4.96. The summed E-state index contributed by atoms with van der Waals surface area (Å²) in [5.74, 6) is 0.514. The molecule has 10 heavy (non-hydrogen) atoms. The number of hydrogen-bond acceptors (Lipinski definition) is 2. The Morgan fingerprint density at radius 3 is 2.20 bits per heavy atom. The van der Waals surface area contributed by atoms with Gasteiger partial charge >= 0.3 is 0 Å². The van der Waals surface area contributed by atoms with Gasteiger partial charge in [0.15, 0.2) is 10.7 Å². The van der Waals surface area contributed by atoms with E-state index in [1.54, 1.807) is 12.0 Å². The summed E-state index contributed by atoms with van der Waals surface area (Å²) in [7, 11) is 5.24. The minimum atomic E-state index is 0.514. The molecule has 0 aliphatic heterocycles. The molecule has 0 unspecified atom stereocenters. The van der Waals surface area contributed by atoms with E-state index in [4.69, 9.17) is 17.0 Å². The highest BCUT2D eigenvalue weighted by molar-refractivity contribution is 7.80. The molecule has 0 aromatic rings. The molecule has 3 heteroatoms. The zero-order valence-corrected chi connectivity index (χ0v) is 7.29. The van der Waals surface area contributed by atoms with Gasteiger partial charge in [-0.3, -0.25) is 0 Å². The van der Waals surface area contributed by atoms with Crippen LogP contribution in [-0.2, 0) is 4.74 Å². The van der Waals surface area contributed by atoms with Crippen LogP contribution in [0.25, 0.3) is 0 Å². The highest BCUT2D eigenvalue weighted by atomic mass is 32.1. The third-order valence-corrected chi connectivity index (χ3v) is 1.52. The number of rotatable bonds is 2. The van der Waals surface area contributed by atoms with Crippen molar-refractivity contribution in [2.75, 3.05) is 21.2 Å². The first kappa shape index (κ1) is 9.21. The number of ether oxygens (including phenoxy) is 1. The van der Waals surface area contributed by atoms with Crippen LogP contribution in [0.1, 0.15) is 0 Å². The van der Waals surface area contributed by atoms with Gasteiger partial charge in [0.2, 0.25) is 0 Å². The molecule has 0 aromatic carbocycles. The molecule has 0 aliphatic carbocycles. The lowest BCUT2D eigenvalue weighted by Gasteiger charge is -2.13. The van der Waals surface area contributed by atoms with Crippen molar-refractivity contribution in [3.05, 3.63) is 18.1 Å². The highest BCUT2D eigenvalue weighted by Crippen LogP contribution is 1.98. The van der Waals surface area contributed by atoms with Crippen molar-refractivity contribution >= 4 is 17.2 Å². The lowest BCUT2D eigenvalue weighted by Crippen LogP contribution is -2.21. The molecule has 0 heterocycles. The lowest BCUT2D eigenvalue weighted by atomic mass is 10.5. The Morgan fingerprint density at radius 1 is 1.60 bits per heavy atom. The van der Waals surface area contributed by atoms with Crippen LogP contribution < -0.4 is 0 Å².